The van der Waals surface area contributed by atoms with Gasteiger partial charge in [0, 0.05) is 24.2 Å². The van der Waals surface area contributed by atoms with Crippen LogP contribution in [0.25, 0.3) is 0 Å². The Kier molecular flexibility index (Phi) is 5.25. The minimum atomic E-state index is 0.0633. The van der Waals surface area contributed by atoms with E-state index in [0.717, 1.165) is 18.7 Å². The number of benzene rings is 1. The number of amides is 1. The highest BCUT2D eigenvalue weighted by atomic mass is 16.2. The molecule has 0 bridgehead atoms. The van der Waals surface area contributed by atoms with Gasteiger partial charge in [-0.15, -0.1) is 0 Å². The van der Waals surface area contributed by atoms with Crippen molar-refractivity contribution < 1.29 is 4.79 Å². The van der Waals surface area contributed by atoms with Crippen molar-refractivity contribution in [3.05, 3.63) is 35.4 Å². The summed E-state index contributed by atoms with van der Waals surface area (Å²) in [6, 6.07) is 7.31. The van der Waals surface area contributed by atoms with Gasteiger partial charge in [0.15, 0.2) is 0 Å². The summed E-state index contributed by atoms with van der Waals surface area (Å²) in [5.41, 5.74) is 6.88. The Labute approximate surface area is 103 Å². The number of rotatable bonds is 3. The molecule has 1 rings (SSSR count). The first-order chi connectivity index (χ1) is 8.22. The van der Waals surface area contributed by atoms with E-state index in [4.69, 9.17) is 5.73 Å². The minimum Gasteiger partial charge on any atom is -0.339 e. The van der Waals surface area contributed by atoms with Gasteiger partial charge in [0.25, 0.3) is 5.91 Å². The number of carbonyl (C=O) groups excluding carboxylic acids is 1. The average molecular weight is 230 g/mol. The van der Waals surface area contributed by atoms with Gasteiger partial charge in [-0.05, 0) is 38.1 Å². The van der Waals surface area contributed by atoms with Crippen molar-refractivity contribution in [2.45, 2.75) is 13.8 Å². The van der Waals surface area contributed by atoms with Gasteiger partial charge < -0.3 is 10.6 Å². The molecule has 1 aromatic carbocycles. The van der Waals surface area contributed by atoms with Crippen LogP contribution in [0.4, 0.5) is 0 Å². The highest BCUT2D eigenvalue weighted by Gasteiger charge is 2.11. The van der Waals surface area contributed by atoms with E-state index in [0.29, 0.717) is 12.1 Å². The van der Waals surface area contributed by atoms with Gasteiger partial charge in [-0.2, -0.15) is 0 Å². The first-order valence-corrected chi connectivity index (χ1v) is 5.81. The molecule has 0 aliphatic carbocycles. The zero-order valence-corrected chi connectivity index (χ0v) is 10.4. The van der Waals surface area contributed by atoms with Crippen LogP contribution in [0.15, 0.2) is 24.3 Å². The van der Waals surface area contributed by atoms with Crippen LogP contribution in [0.2, 0.25) is 0 Å². The van der Waals surface area contributed by atoms with E-state index < -0.39 is 0 Å². The molecule has 0 atom stereocenters. The van der Waals surface area contributed by atoms with Crippen LogP contribution in [0.3, 0.4) is 0 Å². The van der Waals surface area contributed by atoms with Crippen LogP contribution in [-0.2, 0) is 0 Å². The summed E-state index contributed by atoms with van der Waals surface area (Å²) in [6.45, 7) is 5.75. The number of nitrogens with zero attached hydrogens (tertiary/aromatic N) is 1. The third-order valence-corrected chi connectivity index (χ3v) is 2.52. The predicted molar refractivity (Wildman–Crippen MR) is 69.6 cm³/mol. The molecule has 0 unspecified atom stereocenters. The molecule has 0 radical (unpaired) electrons. The fraction of sp³-hybridized carbons (Fsp3) is 0.357. The Balaban J connectivity index is 2.83. The van der Waals surface area contributed by atoms with Gasteiger partial charge >= 0.3 is 0 Å². The van der Waals surface area contributed by atoms with E-state index in [-0.39, 0.29) is 5.91 Å². The molecule has 3 heteroatoms. The molecule has 17 heavy (non-hydrogen) atoms. The fourth-order valence-electron chi connectivity index (χ4n) is 1.54. The van der Waals surface area contributed by atoms with Crippen LogP contribution in [0, 0.1) is 11.8 Å². The standard InChI is InChI=1S/C14H18N2O/c1-3-16(4-2)14(17)13-9-7-12(8-10-13)6-5-11-15/h7-10H,3-4,11,15H2,1-2H3. The van der Waals surface area contributed by atoms with E-state index in [9.17, 15) is 4.79 Å². The predicted octanol–water partition coefficient (Wildman–Crippen LogP) is 1.48. The third-order valence-electron chi connectivity index (χ3n) is 2.52. The molecular formula is C14H18N2O. The Morgan fingerprint density at radius 2 is 1.82 bits per heavy atom. The molecule has 0 aliphatic heterocycles. The maximum Gasteiger partial charge on any atom is 0.253 e. The highest BCUT2D eigenvalue weighted by molar-refractivity contribution is 5.94. The largest absolute Gasteiger partial charge is 0.339 e. The van der Waals surface area contributed by atoms with E-state index in [1.807, 2.05) is 26.0 Å². The van der Waals surface area contributed by atoms with Crippen molar-refractivity contribution in [2.24, 2.45) is 5.73 Å². The average Bonchev–Trinajstić information content (AvgIpc) is 2.38. The third kappa shape index (κ3) is 3.61. The van der Waals surface area contributed by atoms with Crippen molar-refractivity contribution in [1.82, 2.24) is 4.90 Å². The van der Waals surface area contributed by atoms with Gasteiger partial charge in [0.05, 0.1) is 6.54 Å². The summed E-state index contributed by atoms with van der Waals surface area (Å²) < 4.78 is 0. The quantitative estimate of drug-likeness (QED) is 0.799. The number of nitrogens with two attached hydrogens (primary N) is 1. The van der Waals surface area contributed by atoms with Crippen LogP contribution >= 0.6 is 0 Å². The summed E-state index contributed by atoms with van der Waals surface area (Å²) in [4.78, 5) is 13.8. The lowest BCUT2D eigenvalue weighted by Crippen LogP contribution is -2.30. The molecule has 2 N–H and O–H groups in total. The van der Waals surface area contributed by atoms with Crippen molar-refractivity contribution in [1.29, 1.82) is 0 Å². The van der Waals surface area contributed by atoms with Gasteiger partial charge in [-0.3, -0.25) is 4.79 Å². The Bertz CT molecular complexity index is 422. The minimum absolute atomic E-state index is 0.0633. The summed E-state index contributed by atoms with van der Waals surface area (Å²) in [6.07, 6.45) is 0. The maximum atomic E-state index is 12.0. The second kappa shape index (κ2) is 6.72. The van der Waals surface area contributed by atoms with E-state index in [1.165, 1.54) is 0 Å². The summed E-state index contributed by atoms with van der Waals surface area (Å²) in [5, 5.41) is 0. The van der Waals surface area contributed by atoms with Gasteiger partial charge in [-0.1, -0.05) is 11.8 Å². The summed E-state index contributed by atoms with van der Waals surface area (Å²) in [7, 11) is 0. The number of hydrogen-bond acceptors (Lipinski definition) is 2. The van der Waals surface area contributed by atoms with Crippen molar-refractivity contribution >= 4 is 5.91 Å². The van der Waals surface area contributed by atoms with Gasteiger partial charge in [0.1, 0.15) is 0 Å². The van der Waals surface area contributed by atoms with Crippen molar-refractivity contribution in [3.8, 4) is 11.8 Å². The molecule has 1 aromatic rings. The normalized spacial score (nSPS) is 9.35. The molecule has 0 heterocycles. The smallest absolute Gasteiger partial charge is 0.253 e. The van der Waals surface area contributed by atoms with Crippen LogP contribution in [-0.4, -0.2) is 30.4 Å². The second-order valence-corrected chi connectivity index (χ2v) is 3.56. The number of hydrogen-bond donors (Lipinski definition) is 1. The van der Waals surface area contributed by atoms with Crippen molar-refractivity contribution in [2.75, 3.05) is 19.6 Å². The van der Waals surface area contributed by atoms with Gasteiger partial charge in [-0.25, -0.2) is 0 Å². The molecule has 0 aliphatic rings. The molecule has 90 valence electrons. The Morgan fingerprint density at radius 1 is 1.24 bits per heavy atom. The maximum absolute atomic E-state index is 12.0. The zero-order valence-electron chi connectivity index (χ0n) is 10.4. The fourth-order valence-corrected chi connectivity index (χ4v) is 1.54. The number of carbonyl (C=O) groups is 1. The first-order valence-electron chi connectivity index (χ1n) is 5.81. The molecule has 3 nitrogen and oxygen atoms in total. The van der Waals surface area contributed by atoms with Gasteiger partial charge in [0.2, 0.25) is 0 Å². The van der Waals surface area contributed by atoms with E-state index in [2.05, 4.69) is 11.8 Å². The van der Waals surface area contributed by atoms with Crippen LogP contribution in [0.5, 0.6) is 0 Å². The molecule has 1 amide bonds. The summed E-state index contributed by atoms with van der Waals surface area (Å²) >= 11 is 0. The van der Waals surface area contributed by atoms with Crippen LogP contribution in [0.1, 0.15) is 29.8 Å². The van der Waals surface area contributed by atoms with E-state index in [1.54, 1.807) is 17.0 Å². The van der Waals surface area contributed by atoms with E-state index >= 15 is 0 Å². The first kappa shape index (κ1) is 13.3. The lowest BCUT2D eigenvalue weighted by Gasteiger charge is -2.18. The SMILES string of the molecule is CCN(CC)C(=O)c1ccc(C#CCN)cc1. The lowest BCUT2D eigenvalue weighted by molar-refractivity contribution is 0.0773. The molecule has 0 fully saturated rings. The zero-order chi connectivity index (χ0) is 12.7. The second-order valence-electron chi connectivity index (χ2n) is 3.56. The topological polar surface area (TPSA) is 46.3 Å². The Hall–Kier alpha value is -1.79. The summed E-state index contributed by atoms with van der Waals surface area (Å²) in [5.74, 6) is 5.77. The molecule has 0 saturated carbocycles. The lowest BCUT2D eigenvalue weighted by atomic mass is 10.1. The molecule has 0 aromatic heterocycles. The molecule has 0 spiro atoms. The Morgan fingerprint density at radius 3 is 2.29 bits per heavy atom. The highest BCUT2D eigenvalue weighted by Crippen LogP contribution is 2.07. The van der Waals surface area contributed by atoms with Crippen molar-refractivity contribution in [3.63, 3.8) is 0 Å². The van der Waals surface area contributed by atoms with Crippen LogP contribution < -0.4 is 5.73 Å². The monoisotopic (exact) mass is 230 g/mol. The molecular weight excluding hydrogens is 212 g/mol. The molecule has 0 saturated heterocycles.